The van der Waals surface area contributed by atoms with Gasteiger partial charge >= 0.3 is 0 Å². The SMILES string of the molecule is CCC(CC)CNC(=NC)NCc1sccc1C.I. The van der Waals surface area contributed by atoms with E-state index in [-0.39, 0.29) is 24.0 Å². The molecule has 19 heavy (non-hydrogen) atoms. The van der Waals surface area contributed by atoms with E-state index in [1.807, 2.05) is 7.05 Å². The maximum absolute atomic E-state index is 4.26. The van der Waals surface area contributed by atoms with Crippen molar-refractivity contribution in [3.05, 3.63) is 21.9 Å². The van der Waals surface area contributed by atoms with Crippen LogP contribution in [0.15, 0.2) is 16.4 Å². The Morgan fingerprint density at radius 2 is 2.00 bits per heavy atom. The van der Waals surface area contributed by atoms with Gasteiger partial charge in [0.2, 0.25) is 0 Å². The summed E-state index contributed by atoms with van der Waals surface area (Å²) in [5, 5.41) is 8.89. The number of guanidine groups is 1. The van der Waals surface area contributed by atoms with Crippen molar-refractivity contribution in [2.75, 3.05) is 13.6 Å². The Balaban J connectivity index is 0.00000324. The Bertz CT molecular complexity index is 373. The molecule has 0 unspecified atom stereocenters. The molecule has 1 heterocycles. The van der Waals surface area contributed by atoms with E-state index in [9.17, 15) is 0 Å². The Morgan fingerprint density at radius 3 is 2.47 bits per heavy atom. The summed E-state index contributed by atoms with van der Waals surface area (Å²) < 4.78 is 0. The first-order valence-electron chi connectivity index (χ1n) is 6.68. The summed E-state index contributed by atoms with van der Waals surface area (Å²) in [5.74, 6) is 1.63. The third kappa shape index (κ3) is 6.61. The molecule has 1 aromatic heterocycles. The first kappa shape index (κ1) is 18.7. The average Bonchev–Trinajstić information content (AvgIpc) is 2.80. The Kier molecular flexibility index (Phi) is 10.3. The molecule has 0 fully saturated rings. The highest BCUT2D eigenvalue weighted by molar-refractivity contribution is 14.0. The summed E-state index contributed by atoms with van der Waals surface area (Å²) in [4.78, 5) is 5.63. The van der Waals surface area contributed by atoms with Gasteiger partial charge in [-0.2, -0.15) is 0 Å². The fourth-order valence-electron chi connectivity index (χ4n) is 1.79. The molecular formula is C14H26IN3S. The standard InChI is InChI=1S/C14H25N3S.HI/c1-5-12(6-2)9-16-14(15-4)17-10-13-11(3)7-8-18-13;/h7-8,12H,5-6,9-10H2,1-4H3,(H2,15,16,17);1H. The van der Waals surface area contributed by atoms with Crippen molar-refractivity contribution in [3.8, 4) is 0 Å². The van der Waals surface area contributed by atoms with E-state index in [0.29, 0.717) is 0 Å². The van der Waals surface area contributed by atoms with E-state index in [1.54, 1.807) is 11.3 Å². The van der Waals surface area contributed by atoms with Gasteiger partial charge in [-0.3, -0.25) is 4.99 Å². The van der Waals surface area contributed by atoms with Crippen molar-refractivity contribution in [1.82, 2.24) is 10.6 Å². The zero-order valence-electron chi connectivity index (χ0n) is 12.3. The van der Waals surface area contributed by atoms with Gasteiger partial charge in [0.15, 0.2) is 5.96 Å². The molecule has 0 spiro atoms. The predicted octanol–water partition coefficient (Wildman–Crippen LogP) is 3.78. The highest BCUT2D eigenvalue weighted by Crippen LogP contribution is 2.14. The summed E-state index contributed by atoms with van der Waals surface area (Å²) >= 11 is 1.79. The van der Waals surface area contributed by atoms with Crippen LogP contribution in [-0.4, -0.2) is 19.6 Å². The van der Waals surface area contributed by atoms with Crippen LogP contribution in [0.4, 0.5) is 0 Å². The minimum Gasteiger partial charge on any atom is -0.356 e. The summed E-state index contributed by atoms with van der Waals surface area (Å²) in [6, 6.07) is 2.15. The van der Waals surface area contributed by atoms with Gasteiger partial charge in [0.25, 0.3) is 0 Å². The largest absolute Gasteiger partial charge is 0.356 e. The van der Waals surface area contributed by atoms with Crippen LogP contribution >= 0.6 is 35.3 Å². The number of nitrogens with zero attached hydrogens (tertiary/aromatic N) is 1. The van der Waals surface area contributed by atoms with Gasteiger partial charge < -0.3 is 10.6 Å². The molecule has 0 aromatic carbocycles. The molecule has 110 valence electrons. The van der Waals surface area contributed by atoms with Gasteiger partial charge in [0.1, 0.15) is 0 Å². The van der Waals surface area contributed by atoms with Crippen LogP contribution in [0.25, 0.3) is 0 Å². The number of rotatable bonds is 6. The maximum Gasteiger partial charge on any atom is 0.191 e. The minimum atomic E-state index is 0. The molecule has 0 atom stereocenters. The van der Waals surface area contributed by atoms with Crippen molar-refractivity contribution >= 4 is 41.3 Å². The third-order valence-electron chi connectivity index (χ3n) is 3.32. The van der Waals surface area contributed by atoms with Crippen LogP contribution in [0.1, 0.15) is 37.1 Å². The normalized spacial score (nSPS) is 11.3. The maximum atomic E-state index is 4.26. The second-order valence-electron chi connectivity index (χ2n) is 4.52. The van der Waals surface area contributed by atoms with Gasteiger partial charge in [-0.05, 0) is 29.9 Å². The molecule has 0 radical (unpaired) electrons. The average molecular weight is 395 g/mol. The van der Waals surface area contributed by atoms with Gasteiger partial charge in [-0.15, -0.1) is 35.3 Å². The molecule has 1 aromatic rings. The molecule has 5 heteroatoms. The van der Waals surface area contributed by atoms with E-state index in [1.165, 1.54) is 23.3 Å². The fraction of sp³-hybridized carbons (Fsp3) is 0.643. The predicted molar refractivity (Wildman–Crippen MR) is 96.7 cm³/mol. The molecule has 2 N–H and O–H groups in total. The summed E-state index contributed by atoms with van der Waals surface area (Å²) in [7, 11) is 1.82. The van der Waals surface area contributed by atoms with Gasteiger partial charge in [0, 0.05) is 18.5 Å². The van der Waals surface area contributed by atoms with E-state index in [4.69, 9.17) is 0 Å². The lowest BCUT2D eigenvalue weighted by molar-refractivity contribution is 0.481. The zero-order chi connectivity index (χ0) is 13.4. The Hall–Kier alpha value is -0.300. The lowest BCUT2D eigenvalue weighted by Gasteiger charge is -2.16. The minimum absolute atomic E-state index is 0. The van der Waals surface area contributed by atoms with Crippen LogP contribution in [0.5, 0.6) is 0 Å². The topological polar surface area (TPSA) is 36.4 Å². The Labute approximate surface area is 138 Å². The first-order valence-corrected chi connectivity index (χ1v) is 7.56. The number of nitrogens with one attached hydrogen (secondary N) is 2. The zero-order valence-corrected chi connectivity index (χ0v) is 15.5. The van der Waals surface area contributed by atoms with Crippen molar-refractivity contribution in [3.63, 3.8) is 0 Å². The van der Waals surface area contributed by atoms with Crippen molar-refractivity contribution in [1.29, 1.82) is 0 Å². The molecule has 1 rings (SSSR count). The third-order valence-corrected chi connectivity index (χ3v) is 4.34. The number of halogens is 1. The summed E-state index contributed by atoms with van der Waals surface area (Å²) in [6.07, 6.45) is 2.43. The van der Waals surface area contributed by atoms with Gasteiger partial charge in [-0.25, -0.2) is 0 Å². The van der Waals surface area contributed by atoms with Crippen LogP contribution < -0.4 is 10.6 Å². The number of aliphatic imine (C=N–C) groups is 1. The smallest absolute Gasteiger partial charge is 0.191 e. The highest BCUT2D eigenvalue weighted by atomic mass is 127. The van der Waals surface area contributed by atoms with Crippen molar-refractivity contribution < 1.29 is 0 Å². The van der Waals surface area contributed by atoms with E-state index in [0.717, 1.165) is 25.0 Å². The molecule has 0 saturated carbocycles. The van der Waals surface area contributed by atoms with Gasteiger partial charge in [0.05, 0.1) is 6.54 Å². The quantitative estimate of drug-likeness (QED) is 0.437. The van der Waals surface area contributed by atoms with Crippen LogP contribution in [0.2, 0.25) is 0 Å². The van der Waals surface area contributed by atoms with Crippen LogP contribution in [-0.2, 0) is 6.54 Å². The lowest BCUT2D eigenvalue weighted by atomic mass is 10.0. The lowest BCUT2D eigenvalue weighted by Crippen LogP contribution is -2.39. The second kappa shape index (κ2) is 10.5. The van der Waals surface area contributed by atoms with E-state index < -0.39 is 0 Å². The first-order chi connectivity index (χ1) is 8.71. The highest BCUT2D eigenvalue weighted by Gasteiger charge is 2.05. The Morgan fingerprint density at radius 1 is 1.32 bits per heavy atom. The molecule has 0 aliphatic carbocycles. The number of thiophene rings is 1. The second-order valence-corrected chi connectivity index (χ2v) is 5.52. The number of hydrogen-bond donors (Lipinski definition) is 2. The van der Waals surface area contributed by atoms with Crippen molar-refractivity contribution in [2.24, 2.45) is 10.9 Å². The molecule has 0 bridgehead atoms. The van der Waals surface area contributed by atoms with Crippen LogP contribution in [0.3, 0.4) is 0 Å². The molecule has 0 aliphatic rings. The van der Waals surface area contributed by atoms with Gasteiger partial charge in [-0.1, -0.05) is 26.7 Å². The molecule has 3 nitrogen and oxygen atoms in total. The molecule has 0 amide bonds. The molecule has 0 aliphatic heterocycles. The molecular weight excluding hydrogens is 369 g/mol. The summed E-state index contributed by atoms with van der Waals surface area (Å²) in [6.45, 7) is 8.47. The van der Waals surface area contributed by atoms with E-state index in [2.05, 4.69) is 47.8 Å². The number of aryl methyl sites for hydroxylation is 1. The monoisotopic (exact) mass is 395 g/mol. The molecule has 0 saturated heterocycles. The fourth-order valence-corrected chi connectivity index (χ4v) is 2.63. The van der Waals surface area contributed by atoms with Crippen molar-refractivity contribution in [2.45, 2.75) is 40.2 Å². The summed E-state index contributed by atoms with van der Waals surface area (Å²) in [5.41, 5.74) is 1.35. The number of hydrogen-bond acceptors (Lipinski definition) is 2. The van der Waals surface area contributed by atoms with Crippen LogP contribution in [0, 0.1) is 12.8 Å². The van der Waals surface area contributed by atoms with E-state index >= 15 is 0 Å².